The van der Waals surface area contributed by atoms with Crippen LogP contribution < -0.4 is 15.0 Å². The molecule has 0 spiro atoms. The van der Waals surface area contributed by atoms with Crippen LogP contribution in [0, 0.1) is 0 Å². The predicted octanol–water partition coefficient (Wildman–Crippen LogP) is 2.86. The van der Waals surface area contributed by atoms with Crippen molar-refractivity contribution >= 4 is 33.2 Å². The normalized spacial score (nSPS) is 17.2. The Kier molecular flexibility index (Phi) is 5.97. The standard InChI is InChI=1S/C22H25N3O5S/c1-30-20-15-17(8-11-19(20)25-14-4-5-21(25)26)23-22(27)16-6-9-18(10-7-16)31(28,29)24-12-2-3-13-24/h6-11,15H,2-5,12-14H2,1H3,(H,23,27). The molecular formula is C22H25N3O5S. The van der Waals surface area contributed by atoms with Crippen molar-refractivity contribution in [2.24, 2.45) is 0 Å². The number of rotatable bonds is 6. The van der Waals surface area contributed by atoms with E-state index >= 15 is 0 Å². The van der Waals surface area contributed by atoms with Crippen molar-refractivity contribution in [1.82, 2.24) is 4.31 Å². The first kappa shape index (κ1) is 21.3. The first-order valence-corrected chi connectivity index (χ1v) is 11.7. The summed E-state index contributed by atoms with van der Waals surface area (Å²) >= 11 is 0. The molecule has 0 saturated carbocycles. The zero-order valence-corrected chi connectivity index (χ0v) is 18.2. The van der Waals surface area contributed by atoms with Gasteiger partial charge in [-0.1, -0.05) is 0 Å². The van der Waals surface area contributed by atoms with Crippen molar-refractivity contribution in [3.05, 3.63) is 48.0 Å². The lowest BCUT2D eigenvalue weighted by Gasteiger charge is -2.19. The van der Waals surface area contributed by atoms with Gasteiger partial charge in [0, 0.05) is 43.4 Å². The Morgan fingerprint density at radius 1 is 1.00 bits per heavy atom. The number of nitrogens with zero attached hydrogens (tertiary/aromatic N) is 2. The van der Waals surface area contributed by atoms with Crippen LogP contribution >= 0.6 is 0 Å². The van der Waals surface area contributed by atoms with Crippen LogP contribution in [0.5, 0.6) is 5.75 Å². The lowest BCUT2D eigenvalue weighted by atomic mass is 10.2. The average molecular weight is 444 g/mol. The third-order valence-electron chi connectivity index (χ3n) is 5.62. The van der Waals surface area contributed by atoms with Crippen molar-refractivity contribution in [2.75, 3.05) is 37.0 Å². The number of hydrogen-bond acceptors (Lipinski definition) is 5. The van der Waals surface area contributed by atoms with Gasteiger partial charge in [-0.2, -0.15) is 4.31 Å². The Hall–Kier alpha value is -2.91. The lowest BCUT2D eigenvalue weighted by Crippen LogP contribution is -2.27. The van der Waals surface area contributed by atoms with E-state index in [1.807, 2.05) is 0 Å². The number of ether oxygens (including phenoxy) is 1. The lowest BCUT2D eigenvalue weighted by molar-refractivity contribution is -0.117. The van der Waals surface area contributed by atoms with E-state index in [0.717, 1.165) is 19.3 Å². The van der Waals surface area contributed by atoms with Gasteiger partial charge in [-0.3, -0.25) is 9.59 Å². The van der Waals surface area contributed by atoms with Crippen molar-refractivity contribution in [3.63, 3.8) is 0 Å². The molecule has 0 unspecified atom stereocenters. The van der Waals surface area contributed by atoms with Gasteiger partial charge in [0.25, 0.3) is 5.91 Å². The van der Waals surface area contributed by atoms with Gasteiger partial charge in [0.15, 0.2) is 0 Å². The van der Waals surface area contributed by atoms with E-state index in [-0.39, 0.29) is 16.7 Å². The van der Waals surface area contributed by atoms with Gasteiger partial charge in [-0.05, 0) is 55.7 Å². The molecule has 164 valence electrons. The number of amides is 2. The third-order valence-corrected chi connectivity index (χ3v) is 7.53. The van der Waals surface area contributed by atoms with E-state index in [1.54, 1.807) is 23.1 Å². The topological polar surface area (TPSA) is 96.0 Å². The maximum atomic E-state index is 12.6. The Balaban J connectivity index is 1.48. The minimum absolute atomic E-state index is 0.0547. The van der Waals surface area contributed by atoms with Crippen LogP contribution in [0.25, 0.3) is 0 Å². The monoisotopic (exact) mass is 443 g/mol. The first-order valence-electron chi connectivity index (χ1n) is 10.3. The smallest absolute Gasteiger partial charge is 0.255 e. The number of carbonyl (C=O) groups is 2. The van der Waals surface area contributed by atoms with Gasteiger partial charge in [0.1, 0.15) is 5.75 Å². The minimum Gasteiger partial charge on any atom is -0.494 e. The van der Waals surface area contributed by atoms with Crippen LogP contribution in [-0.4, -0.2) is 51.3 Å². The summed E-state index contributed by atoms with van der Waals surface area (Å²) in [6, 6.07) is 11.1. The summed E-state index contributed by atoms with van der Waals surface area (Å²) in [5.74, 6) is 0.191. The second kappa shape index (κ2) is 8.68. The average Bonchev–Trinajstić information content (AvgIpc) is 3.46. The molecule has 8 nitrogen and oxygen atoms in total. The first-order chi connectivity index (χ1) is 14.9. The molecule has 31 heavy (non-hydrogen) atoms. The second-order valence-corrected chi connectivity index (χ2v) is 9.56. The molecule has 4 rings (SSSR count). The molecule has 2 fully saturated rings. The quantitative estimate of drug-likeness (QED) is 0.741. The second-order valence-electron chi connectivity index (χ2n) is 7.63. The Bertz CT molecular complexity index is 1090. The molecule has 0 bridgehead atoms. The Labute approximate surface area is 181 Å². The molecule has 1 N–H and O–H groups in total. The predicted molar refractivity (Wildman–Crippen MR) is 117 cm³/mol. The number of sulfonamides is 1. The Morgan fingerprint density at radius 3 is 2.32 bits per heavy atom. The zero-order chi connectivity index (χ0) is 22.0. The number of methoxy groups -OCH3 is 1. The molecule has 2 saturated heterocycles. The van der Waals surface area contributed by atoms with Gasteiger partial charge in [0.2, 0.25) is 15.9 Å². The maximum absolute atomic E-state index is 12.6. The summed E-state index contributed by atoms with van der Waals surface area (Å²) in [6.07, 6.45) is 3.07. The molecule has 2 aliphatic heterocycles. The van der Waals surface area contributed by atoms with Gasteiger partial charge in [-0.15, -0.1) is 0 Å². The molecule has 2 amide bonds. The number of benzene rings is 2. The van der Waals surface area contributed by atoms with Crippen LogP contribution in [0.2, 0.25) is 0 Å². The zero-order valence-electron chi connectivity index (χ0n) is 17.3. The third kappa shape index (κ3) is 4.28. The van der Waals surface area contributed by atoms with Gasteiger partial charge < -0.3 is 15.0 Å². The SMILES string of the molecule is COc1cc(NC(=O)c2ccc(S(=O)(=O)N3CCCC3)cc2)ccc1N1CCCC1=O. The van der Waals surface area contributed by atoms with Crippen LogP contribution in [0.3, 0.4) is 0 Å². The van der Waals surface area contributed by atoms with Crippen LogP contribution in [0.1, 0.15) is 36.0 Å². The highest BCUT2D eigenvalue weighted by Crippen LogP contribution is 2.34. The Morgan fingerprint density at radius 2 is 1.71 bits per heavy atom. The van der Waals surface area contributed by atoms with E-state index in [1.165, 1.54) is 35.7 Å². The number of hydrogen-bond donors (Lipinski definition) is 1. The molecule has 2 aromatic carbocycles. The van der Waals surface area contributed by atoms with E-state index in [0.29, 0.717) is 48.7 Å². The molecule has 2 aliphatic rings. The van der Waals surface area contributed by atoms with Crippen LogP contribution in [0.4, 0.5) is 11.4 Å². The van der Waals surface area contributed by atoms with E-state index < -0.39 is 10.0 Å². The summed E-state index contributed by atoms with van der Waals surface area (Å²) in [4.78, 5) is 26.5. The van der Waals surface area contributed by atoms with Crippen molar-refractivity contribution in [2.45, 2.75) is 30.6 Å². The van der Waals surface area contributed by atoms with Crippen molar-refractivity contribution in [1.29, 1.82) is 0 Å². The highest BCUT2D eigenvalue weighted by atomic mass is 32.2. The van der Waals surface area contributed by atoms with Gasteiger partial charge >= 0.3 is 0 Å². The number of nitrogens with one attached hydrogen (secondary N) is 1. The van der Waals surface area contributed by atoms with Crippen molar-refractivity contribution in [3.8, 4) is 5.75 Å². The molecule has 0 atom stereocenters. The van der Waals surface area contributed by atoms with E-state index in [4.69, 9.17) is 4.74 Å². The largest absolute Gasteiger partial charge is 0.494 e. The molecule has 2 heterocycles. The van der Waals surface area contributed by atoms with Crippen molar-refractivity contribution < 1.29 is 22.7 Å². The minimum atomic E-state index is -3.51. The fraction of sp³-hybridized carbons (Fsp3) is 0.364. The van der Waals surface area contributed by atoms with Crippen LogP contribution in [-0.2, 0) is 14.8 Å². The highest BCUT2D eigenvalue weighted by molar-refractivity contribution is 7.89. The molecule has 2 aromatic rings. The molecule has 0 radical (unpaired) electrons. The number of anilines is 2. The summed E-state index contributed by atoms with van der Waals surface area (Å²) in [6.45, 7) is 1.71. The summed E-state index contributed by atoms with van der Waals surface area (Å²) in [7, 11) is -2.00. The summed E-state index contributed by atoms with van der Waals surface area (Å²) in [5.41, 5.74) is 1.55. The van der Waals surface area contributed by atoms with Gasteiger partial charge in [0.05, 0.1) is 17.7 Å². The summed E-state index contributed by atoms with van der Waals surface area (Å²) in [5, 5.41) is 2.79. The summed E-state index contributed by atoms with van der Waals surface area (Å²) < 4.78 is 32.1. The molecule has 0 aromatic heterocycles. The highest BCUT2D eigenvalue weighted by Gasteiger charge is 2.27. The van der Waals surface area contributed by atoms with E-state index in [2.05, 4.69) is 5.32 Å². The molecular weight excluding hydrogens is 418 g/mol. The fourth-order valence-corrected chi connectivity index (χ4v) is 5.46. The van der Waals surface area contributed by atoms with E-state index in [9.17, 15) is 18.0 Å². The van der Waals surface area contributed by atoms with Crippen LogP contribution in [0.15, 0.2) is 47.4 Å². The number of carbonyl (C=O) groups excluding carboxylic acids is 2. The fourth-order valence-electron chi connectivity index (χ4n) is 3.94. The molecule has 9 heteroatoms. The van der Waals surface area contributed by atoms with Gasteiger partial charge in [-0.25, -0.2) is 8.42 Å². The maximum Gasteiger partial charge on any atom is 0.255 e. The molecule has 0 aliphatic carbocycles.